The number of ether oxygens (including phenoxy) is 2. The van der Waals surface area contributed by atoms with Crippen LogP contribution in [0, 0.1) is 0 Å². The lowest BCUT2D eigenvalue weighted by molar-refractivity contribution is -0.133. The Kier molecular flexibility index (Phi) is 6.64. The third-order valence-electron chi connectivity index (χ3n) is 3.73. The Hall–Kier alpha value is -4.21. The Labute approximate surface area is 165 Å². The van der Waals surface area contributed by atoms with Gasteiger partial charge in [-0.3, -0.25) is 14.4 Å². The zero-order valence-corrected chi connectivity index (χ0v) is 15.5. The van der Waals surface area contributed by atoms with Gasteiger partial charge in [0.25, 0.3) is 0 Å². The minimum atomic E-state index is -1.10. The number of nitrogens with one attached hydrogen (secondary N) is 2. The Balaban J connectivity index is 2.21. The van der Waals surface area contributed by atoms with Gasteiger partial charge in [0.15, 0.2) is 0 Å². The molecule has 0 saturated carbocycles. The summed E-state index contributed by atoms with van der Waals surface area (Å²) in [6, 6.07) is 9.30. The van der Waals surface area contributed by atoms with Gasteiger partial charge in [0.1, 0.15) is 0 Å². The Morgan fingerprint density at radius 3 is 1.86 bits per heavy atom. The maximum absolute atomic E-state index is 12.2. The van der Waals surface area contributed by atoms with E-state index in [1.54, 1.807) is 0 Å². The fourth-order valence-corrected chi connectivity index (χ4v) is 2.27. The molecule has 4 N–H and O–H groups in total. The predicted molar refractivity (Wildman–Crippen MR) is 101 cm³/mol. The third kappa shape index (κ3) is 5.16. The lowest BCUT2D eigenvalue weighted by Crippen LogP contribution is -2.30. The molecule has 0 radical (unpaired) electrons. The van der Waals surface area contributed by atoms with Crippen LogP contribution in [0.15, 0.2) is 42.5 Å². The molecule has 0 unspecified atom stereocenters. The molecule has 0 aliphatic heterocycles. The summed E-state index contributed by atoms with van der Waals surface area (Å²) in [5, 5.41) is 4.59. The molecule has 10 nitrogen and oxygen atoms in total. The molecular weight excluding hydrogens is 382 g/mol. The van der Waals surface area contributed by atoms with Gasteiger partial charge in [-0.2, -0.15) is 0 Å². The largest absolute Gasteiger partial charge is 0.465 e. The number of carbonyl (C=O) groups excluding carboxylic acids is 5. The van der Waals surface area contributed by atoms with Crippen LogP contribution in [0.25, 0.3) is 0 Å². The summed E-state index contributed by atoms with van der Waals surface area (Å²) in [6.07, 6.45) is 0. The number of benzene rings is 2. The van der Waals surface area contributed by atoms with Crippen LogP contribution in [0.3, 0.4) is 0 Å². The summed E-state index contributed by atoms with van der Waals surface area (Å²) >= 11 is 0. The van der Waals surface area contributed by atoms with Crippen LogP contribution in [-0.4, -0.2) is 43.9 Å². The Morgan fingerprint density at radius 2 is 1.31 bits per heavy atom. The SMILES string of the molecule is COC(=O)c1ccc(C(=O)OC)c(NC(=O)C(=O)Nc2ccc(C(N)=O)cc2)c1. The van der Waals surface area contributed by atoms with E-state index >= 15 is 0 Å². The van der Waals surface area contributed by atoms with Gasteiger partial charge in [0, 0.05) is 11.3 Å². The van der Waals surface area contributed by atoms with Crippen LogP contribution >= 0.6 is 0 Å². The number of primary amides is 1. The molecule has 0 aliphatic carbocycles. The molecule has 150 valence electrons. The molecule has 10 heteroatoms. The summed E-state index contributed by atoms with van der Waals surface area (Å²) < 4.78 is 9.22. The van der Waals surface area contributed by atoms with E-state index in [4.69, 9.17) is 5.73 Å². The second kappa shape index (κ2) is 9.13. The van der Waals surface area contributed by atoms with Crippen molar-refractivity contribution in [1.82, 2.24) is 0 Å². The topological polar surface area (TPSA) is 154 Å². The highest BCUT2D eigenvalue weighted by molar-refractivity contribution is 6.44. The van der Waals surface area contributed by atoms with Crippen LogP contribution in [0.1, 0.15) is 31.1 Å². The van der Waals surface area contributed by atoms with Gasteiger partial charge in [-0.05, 0) is 42.5 Å². The zero-order valence-electron chi connectivity index (χ0n) is 15.5. The molecule has 0 bridgehead atoms. The van der Waals surface area contributed by atoms with E-state index in [1.807, 2.05) is 0 Å². The van der Waals surface area contributed by atoms with Crippen molar-refractivity contribution in [2.24, 2.45) is 5.73 Å². The molecule has 0 aliphatic rings. The van der Waals surface area contributed by atoms with Gasteiger partial charge in [-0.25, -0.2) is 9.59 Å². The van der Waals surface area contributed by atoms with Crippen LogP contribution in [0.5, 0.6) is 0 Å². The predicted octanol–water partition coefficient (Wildman–Crippen LogP) is 0.936. The van der Waals surface area contributed by atoms with Crippen molar-refractivity contribution in [2.45, 2.75) is 0 Å². The molecule has 2 rings (SSSR count). The highest BCUT2D eigenvalue weighted by Gasteiger charge is 2.20. The minimum absolute atomic E-state index is 0.0536. The second-order valence-corrected chi connectivity index (χ2v) is 5.59. The van der Waals surface area contributed by atoms with Crippen molar-refractivity contribution in [1.29, 1.82) is 0 Å². The van der Waals surface area contributed by atoms with Crippen molar-refractivity contribution >= 4 is 41.0 Å². The first-order chi connectivity index (χ1) is 13.8. The summed E-state index contributed by atoms with van der Waals surface area (Å²) in [5.41, 5.74) is 5.49. The lowest BCUT2D eigenvalue weighted by atomic mass is 10.1. The molecule has 2 aromatic rings. The zero-order chi connectivity index (χ0) is 21.6. The maximum Gasteiger partial charge on any atom is 0.339 e. The molecule has 0 fully saturated rings. The highest BCUT2D eigenvalue weighted by Crippen LogP contribution is 2.20. The van der Waals surface area contributed by atoms with E-state index in [9.17, 15) is 24.0 Å². The highest BCUT2D eigenvalue weighted by atomic mass is 16.5. The average molecular weight is 399 g/mol. The number of esters is 2. The van der Waals surface area contributed by atoms with E-state index in [1.165, 1.54) is 49.6 Å². The fourth-order valence-electron chi connectivity index (χ4n) is 2.27. The summed E-state index contributed by atoms with van der Waals surface area (Å²) in [6.45, 7) is 0. The van der Waals surface area contributed by atoms with Crippen LogP contribution in [0.2, 0.25) is 0 Å². The van der Waals surface area contributed by atoms with Crippen molar-refractivity contribution in [3.05, 3.63) is 59.2 Å². The van der Waals surface area contributed by atoms with E-state index in [2.05, 4.69) is 20.1 Å². The molecular formula is C19H17N3O7. The number of methoxy groups -OCH3 is 2. The maximum atomic E-state index is 12.2. The smallest absolute Gasteiger partial charge is 0.339 e. The minimum Gasteiger partial charge on any atom is -0.465 e. The Morgan fingerprint density at radius 1 is 0.759 bits per heavy atom. The number of hydrogen-bond donors (Lipinski definition) is 3. The number of rotatable bonds is 5. The second-order valence-electron chi connectivity index (χ2n) is 5.59. The number of carbonyl (C=O) groups is 5. The molecule has 2 aromatic carbocycles. The number of amides is 3. The lowest BCUT2D eigenvalue weighted by Gasteiger charge is -2.11. The van der Waals surface area contributed by atoms with E-state index < -0.39 is 29.7 Å². The first-order valence-corrected chi connectivity index (χ1v) is 8.09. The molecule has 0 atom stereocenters. The van der Waals surface area contributed by atoms with E-state index in [0.29, 0.717) is 0 Å². The summed E-state index contributed by atoms with van der Waals surface area (Å²) in [7, 11) is 2.32. The molecule has 0 heterocycles. The molecule has 0 saturated heterocycles. The van der Waals surface area contributed by atoms with Gasteiger partial charge in [0.05, 0.1) is 31.0 Å². The summed E-state index contributed by atoms with van der Waals surface area (Å²) in [5.74, 6) is -4.26. The van der Waals surface area contributed by atoms with Gasteiger partial charge in [0.2, 0.25) is 5.91 Å². The van der Waals surface area contributed by atoms with E-state index in [-0.39, 0.29) is 28.1 Å². The monoisotopic (exact) mass is 399 g/mol. The number of nitrogens with two attached hydrogens (primary N) is 1. The van der Waals surface area contributed by atoms with Gasteiger partial charge in [-0.1, -0.05) is 0 Å². The standard InChI is InChI=1S/C19H17N3O7/c1-28-18(26)11-5-8-13(19(27)29-2)14(9-11)22-17(25)16(24)21-12-6-3-10(4-7-12)15(20)23/h3-9H,1-2H3,(H2,20,23)(H,21,24)(H,22,25). The van der Waals surface area contributed by atoms with Crippen molar-refractivity contribution in [2.75, 3.05) is 24.9 Å². The van der Waals surface area contributed by atoms with E-state index in [0.717, 1.165) is 7.11 Å². The van der Waals surface area contributed by atoms with Gasteiger partial charge < -0.3 is 25.8 Å². The van der Waals surface area contributed by atoms with Gasteiger partial charge in [-0.15, -0.1) is 0 Å². The first-order valence-electron chi connectivity index (χ1n) is 8.09. The molecule has 0 aromatic heterocycles. The Bertz CT molecular complexity index is 984. The van der Waals surface area contributed by atoms with Crippen molar-refractivity contribution < 1.29 is 33.4 Å². The van der Waals surface area contributed by atoms with Crippen LogP contribution < -0.4 is 16.4 Å². The normalized spacial score (nSPS) is 9.86. The van der Waals surface area contributed by atoms with Crippen molar-refractivity contribution in [3.63, 3.8) is 0 Å². The van der Waals surface area contributed by atoms with Crippen LogP contribution in [-0.2, 0) is 19.1 Å². The summed E-state index contributed by atoms with van der Waals surface area (Å²) in [4.78, 5) is 59.0. The quantitative estimate of drug-likeness (QED) is 0.499. The van der Waals surface area contributed by atoms with Crippen LogP contribution in [0.4, 0.5) is 11.4 Å². The fraction of sp³-hybridized carbons (Fsp3) is 0.105. The third-order valence-corrected chi connectivity index (χ3v) is 3.73. The molecule has 29 heavy (non-hydrogen) atoms. The molecule has 0 spiro atoms. The first kappa shape index (κ1) is 21.1. The number of anilines is 2. The number of hydrogen-bond acceptors (Lipinski definition) is 7. The van der Waals surface area contributed by atoms with Gasteiger partial charge >= 0.3 is 23.8 Å². The van der Waals surface area contributed by atoms with Crippen molar-refractivity contribution in [3.8, 4) is 0 Å². The average Bonchev–Trinajstić information content (AvgIpc) is 2.72. The molecule has 3 amide bonds.